The second-order valence-corrected chi connectivity index (χ2v) is 5.75. The molecule has 1 aromatic carbocycles. The Morgan fingerprint density at radius 1 is 1.32 bits per heavy atom. The van der Waals surface area contributed by atoms with Gasteiger partial charge in [0.1, 0.15) is 23.2 Å². The number of aryl methyl sites for hydroxylation is 1. The standard InChI is InChI=1S/C15H15F2N3O4S/c1-3-18-15(23)19-13-11(14(21)22)12(20-25-13)24-6-8-9(16)4-7(2)5-10(8)17/h4-5H,3,6H2,1-2H3,(H,21,22)(H2,18,19,23). The minimum atomic E-state index is -1.39. The number of carbonyl (C=O) groups is 2. The van der Waals surface area contributed by atoms with Gasteiger partial charge in [-0.1, -0.05) is 0 Å². The summed E-state index contributed by atoms with van der Waals surface area (Å²) in [6.07, 6.45) is 0. The molecule has 10 heteroatoms. The molecular formula is C15H15F2N3O4S. The van der Waals surface area contributed by atoms with E-state index in [0.29, 0.717) is 23.6 Å². The lowest BCUT2D eigenvalue weighted by Crippen LogP contribution is -2.28. The van der Waals surface area contributed by atoms with Gasteiger partial charge in [0.25, 0.3) is 0 Å². The third-order valence-electron chi connectivity index (χ3n) is 3.08. The number of amides is 2. The molecule has 7 nitrogen and oxygen atoms in total. The number of nitrogens with one attached hydrogen (secondary N) is 2. The van der Waals surface area contributed by atoms with Crippen molar-refractivity contribution < 1.29 is 28.2 Å². The van der Waals surface area contributed by atoms with E-state index in [1.54, 1.807) is 13.8 Å². The van der Waals surface area contributed by atoms with Crippen molar-refractivity contribution in [2.24, 2.45) is 0 Å². The zero-order valence-electron chi connectivity index (χ0n) is 13.4. The maximum absolute atomic E-state index is 13.8. The first kappa shape index (κ1) is 18.6. The molecule has 134 valence electrons. The van der Waals surface area contributed by atoms with Gasteiger partial charge >= 0.3 is 12.0 Å². The minimum absolute atomic E-state index is 0.0432. The maximum atomic E-state index is 13.8. The number of hydrogen-bond donors (Lipinski definition) is 3. The molecule has 1 aromatic heterocycles. The summed E-state index contributed by atoms with van der Waals surface area (Å²) in [5.41, 5.74) is -0.315. The van der Waals surface area contributed by atoms with Crippen LogP contribution in [-0.2, 0) is 6.61 Å². The van der Waals surface area contributed by atoms with Gasteiger partial charge in [0, 0.05) is 6.54 Å². The molecule has 2 rings (SSSR count). The molecule has 2 aromatic rings. The first-order valence-corrected chi connectivity index (χ1v) is 7.96. The number of nitrogens with zero attached hydrogens (tertiary/aromatic N) is 1. The van der Waals surface area contributed by atoms with Crippen molar-refractivity contribution in [2.45, 2.75) is 20.5 Å². The van der Waals surface area contributed by atoms with Gasteiger partial charge in [0.15, 0.2) is 5.56 Å². The van der Waals surface area contributed by atoms with Crippen molar-refractivity contribution in [1.29, 1.82) is 0 Å². The van der Waals surface area contributed by atoms with Crippen LogP contribution in [0, 0.1) is 18.6 Å². The van der Waals surface area contributed by atoms with Gasteiger partial charge in [-0.05, 0) is 43.1 Å². The Morgan fingerprint density at radius 3 is 2.52 bits per heavy atom. The van der Waals surface area contributed by atoms with Crippen molar-refractivity contribution >= 4 is 28.5 Å². The molecule has 25 heavy (non-hydrogen) atoms. The smallest absolute Gasteiger partial charge is 0.344 e. The lowest BCUT2D eigenvalue weighted by molar-refractivity contribution is 0.0693. The van der Waals surface area contributed by atoms with Gasteiger partial charge in [0.2, 0.25) is 5.88 Å². The van der Waals surface area contributed by atoms with Crippen molar-refractivity contribution in [2.75, 3.05) is 11.9 Å². The van der Waals surface area contributed by atoms with E-state index in [0.717, 1.165) is 12.1 Å². The number of carboxylic acid groups (broad SMARTS) is 1. The first-order valence-electron chi connectivity index (χ1n) is 7.18. The topological polar surface area (TPSA) is 101 Å². The lowest BCUT2D eigenvalue weighted by Gasteiger charge is -2.08. The molecule has 0 aliphatic heterocycles. The molecule has 0 bridgehead atoms. The Labute approximate surface area is 145 Å². The molecule has 1 heterocycles. The van der Waals surface area contributed by atoms with Gasteiger partial charge in [-0.2, -0.15) is 4.37 Å². The number of aromatic nitrogens is 1. The second kappa shape index (κ2) is 7.88. The summed E-state index contributed by atoms with van der Waals surface area (Å²) < 4.78 is 36.6. The van der Waals surface area contributed by atoms with E-state index in [4.69, 9.17) is 4.74 Å². The molecule has 0 unspecified atom stereocenters. The Morgan fingerprint density at radius 2 is 1.96 bits per heavy atom. The fraction of sp³-hybridized carbons (Fsp3) is 0.267. The Kier molecular flexibility index (Phi) is 5.86. The molecule has 0 aliphatic carbocycles. The summed E-state index contributed by atoms with van der Waals surface area (Å²) in [7, 11) is 0. The van der Waals surface area contributed by atoms with Gasteiger partial charge in [-0.15, -0.1) is 0 Å². The summed E-state index contributed by atoms with van der Waals surface area (Å²) in [6, 6.07) is 1.68. The largest absolute Gasteiger partial charge is 0.477 e. The quantitative estimate of drug-likeness (QED) is 0.724. The van der Waals surface area contributed by atoms with Crippen molar-refractivity contribution in [3.05, 3.63) is 40.5 Å². The molecule has 0 saturated carbocycles. The van der Waals surface area contributed by atoms with Crippen LogP contribution in [0.3, 0.4) is 0 Å². The molecular weight excluding hydrogens is 356 g/mol. The van der Waals surface area contributed by atoms with Crippen LogP contribution in [0.1, 0.15) is 28.4 Å². The van der Waals surface area contributed by atoms with Crippen LogP contribution >= 0.6 is 11.5 Å². The summed E-state index contributed by atoms with van der Waals surface area (Å²) in [5, 5.41) is 14.0. The molecule has 2 amide bonds. The van der Waals surface area contributed by atoms with Crippen LogP contribution in [-0.4, -0.2) is 28.0 Å². The number of rotatable bonds is 6. The average Bonchev–Trinajstić information content (AvgIpc) is 2.89. The fourth-order valence-electron chi connectivity index (χ4n) is 1.96. The third-order valence-corrected chi connectivity index (χ3v) is 3.82. The monoisotopic (exact) mass is 371 g/mol. The van der Waals surface area contributed by atoms with E-state index in [1.165, 1.54) is 0 Å². The molecule has 0 spiro atoms. The highest BCUT2D eigenvalue weighted by Crippen LogP contribution is 2.31. The summed E-state index contributed by atoms with van der Waals surface area (Å²) >= 11 is 0.689. The van der Waals surface area contributed by atoms with E-state index < -0.39 is 30.2 Å². The van der Waals surface area contributed by atoms with Gasteiger partial charge in [-0.25, -0.2) is 18.4 Å². The molecule has 0 aliphatic rings. The van der Waals surface area contributed by atoms with E-state index >= 15 is 0 Å². The zero-order chi connectivity index (χ0) is 18.6. The number of ether oxygens (including phenoxy) is 1. The zero-order valence-corrected chi connectivity index (χ0v) is 14.2. The van der Waals surface area contributed by atoms with E-state index in [9.17, 15) is 23.5 Å². The van der Waals surface area contributed by atoms with Gasteiger partial charge < -0.3 is 15.2 Å². The highest BCUT2D eigenvalue weighted by atomic mass is 32.1. The van der Waals surface area contributed by atoms with Crippen molar-refractivity contribution in [3.63, 3.8) is 0 Å². The van der Waals surface area contributed by atoms with Gasteiger partial charge in [0.05, 0.1) is 5.56 Å². The number of urea groups is 1. The van der Waals surface area contributed by atoms with Crippen LogP contribution in [0.25, 0.3) is 0 Å². The van der Waals surface area contributed by atoms with Crippen LogP contribution < -0.4 is 15.4 Å². The van der Waals surface area contributed by atoms with E-state index in [-0.39, 0.29) is 22.0 Å². The number of benzene rings is 1. The lowest BCUT2D eigenvalue weighted by atomic mass is 10.1. The van der Waals surface area contributed by atoms with Crippen LogP contribution in [0.4, 0.5) is 18.6 Å². The number of hydrogen-bond acceptors (Lipinski definition) is 5. The number of aromatic carboxylic acids is 1. The Bertz CT molecular complexity index is 787. The Balaban J connectivity index is 2.22. The molecule has 0 radical (unpaired) electrons. The summed E-state index contributed by atoms with van der Waals surface area (Å²) in [4.78, 5) is 22.9. The summed E-state index contributed by atoms with van der Waals surface area (Å²) in [5.74, 6) is -3.32. The minimum Gasteiger partial charge on any atom is -0.477 e. The van der Waals surface area contributed by atoms with E-state index in [2.05, 4.69) is 15.0 Å². The molecule has 3 N–H and O–H groups in total. The molecule has 0 saturated heterocycles. The van der Waals surface area contributed by atoms with Crippen LogP contribution in [0.2, 0.25) is 0 Å². The van der Waals surface area contributed by atoms with Gasteiger partial charge in [-0.3, -0.25) is 5.32 Å². The molecule has 0 fully saturated rings. The number of anilines is 1. The maximum Gasteiger partial charge on any atom is 0.344 e. The predicted molar refractivity (Wildman–Crippen MR) is 87.2 cm³/mol. The third kappa shape index (κ3) is 4.41. The highest BCUT2D eigenvalue weighted by molar-refractivity contribution is 7.11. The van der Waals surface area contributed by atoms with Crippen molar-refractivity contribution in [3.8, 4) is 5.88 Å². The average molecular weight is 371 g/mol. The fourth-order valence-corrected chi connectivity index (χ4v) is 2.69. The van der Waals surface area contributed by atoms with E-state index in [1.807, 2.05) is 0 Å². The second-order valence-electron chi connectivity index (χ2n) is 4.98. The number of halogens is 2. The highest BCUT2D eigenvalue weighted by Gasteiger charge is 2.24. The van der Waals surface area contributed by atoms with Crippen LogP contribution in [0.5, 0.6) is 5.88 Å². The Hall–Kier alpha value is -2.75. The number of carboxylic acids is 1. The SMILES string of the molecule is CCNC(=O)Nc1snc(OCc2c(F)cc(C)cc2F)c1C(=O)O. The number of carbonyl (C=O) groups excluding carboxylic acids is 1. The normalized spacial score (nSPS) is 10.4. The molecule has 0 atom stereocenters. The van der Waals surface area contributed by atoms with Crippen LogP contribution in [0.15, 0.2) is 12.1 Å². The van der Waals surface area contributed by atoms with Crippen molar-refractivity contribution in [1.82, 2.24) is 9.69 Å². The first-order chi connectivity index (χ1) is 11.8. The summed E-state index contributed by atoms with van der Waals surface area (Å²) in [6.45, 7) is 3.05. The predicted octanol–water partition coefficient (Wildman–Crippen LogP) is 3.15.